The zero-order valence-corrected chi connectivity index (χ0v) is 23.0. The summed E-state index contributed by atoms with van der Waals surface area (Å²) in [5.74, 6) is -1.65. The average Bonchev–Trinajstić information content (AvgIpc) is 3.47. The van der Waals surface area contributed by atoms with Crippen molar-refractivity contribution in [1.29, 1.82) is 0 Å². The molecule has 3 aromatic rings. The molecule has 1 aliphatic carbocycles. The second kappa shape index (κ2) is 12.1. The number of carboxylic acids is 1. The summed E-state index contributed by atoms with van der Waals surface area (Å²) < 4.78 is 6.73. The quantitative estimate of drug-likeness (QED) is 0.336. The maximum atomic E-state index is 13.5. The minimum absolute atomic E-state index is 0.0355. The maximum absolute atomic E-state index is 13.5. The second-order valence-electron chi connectivity index (χ2n) is 9.98. The van der Waals surface area contributed by atoms with Crippen LogP contribution in [-0.2, 0) is 16.1 Å². The lowest BCUT2D eigenvalue weighted by molar-refractivity contribution is -0.132. The van der Waals surface area contributed by atoms with E-state index in [4.69, 9.17) is 4.74 Å². The van der Waals surface area contributed by atoms with E-state index in [2.05, 4.69) is 32.6 Å². The van der Waals surface area contributed by atoms with Crippen LogP contribution in [0, 0.1) is 0 Å². The Balaban J connectivity index is 1.31. The van der Waals surface area contributed by atoms with Crippen LogP contribution in [0.25, 0.3) is 5.65 Å². The Morgan fingerprint density at radius 1 is 1.21 bits per heavy atom. The molecule has 0 saturated heterocycles. The number of rotatable bonds is 7. The van der Waals surface area contributed by atoms with Crippen molar-refractivity contribution in [2.45, 2.75) is 45.2 Å². The first-order valence-electron chi connectivity index (χ1n) is 13.5. The monoisotopic (exact) mass is 570 g/mol. The van der Waals surface area contributed by atoms with Crippen LogP contribution in [0.2, 0.25) is 0 Å². The van der Waals surface area contributed by atoms with Crippen molar-refractivity contribution in [3.63, 3.8) is 0 Å². The summed E-state index contributed by atoms with van der Waals surface area (Å²) in [6.45, 7) is 6.08. The number of allylic oxidation sites excluding steroid dienone is 2. The number of nitrogens with zero attached hydrogens (tertiary/aromatic N) is 3. The molecule has 1 atom stereocenters. The predicted octanol–water partition coefficient (Wildman–Crippen LogP) is 3.18. The minimum atomic E-state index is -1.01. The highest BCUT2D eigenvalue weighted by Crippen LogP contribution is 2.28. The van der Waals surface area contributed by atoms with Crippen molar-refractivity contribution in [3.05, 3.63) is 88.9 Å². The van der Waals surface area contributed by atoms with Gasteiger partial charge in [-0.25, -0.2) is 14.3 Å². The number of benzene rings is 1. The van der Waals surface area contributed by atoms with Gasteiger partial charge < -0.3 is 25.8 Å². The molecule has 0 saturated carbocycles. The van der Waals surface area contributed by atoms with Crippen molar-refractivity contribution in [1.82, 2.24) is 25.2 Å². The zero-order valence-electron chi connectivity index (χ0n) is 23.0. The summed E-state index contributed by atoms with van der Waals surface area (Å²) in [7, 11) is 0. The topological polar surface area (TPSA) is 164 Å². The van der Waals surface area contributed by atoms with Crippen LogP contribution >= 0.6 is 0 Å². The lowest BCUT2D eigenvalue weighted by Gasteiger charge is -2.19. The smallest absolute Gasteiger partial charge is 0.335 e. The number of anilines is 1. The van der Waals surface area contributed by atoms with Crippen molar-refractivity contribution in [2.75, 3.05) is 11.9 Å². The molecule has 3 amide bonds. The molecule has 42 heavy (non-hydrogen) atoms. The molecule has 1 aliphatic heterocycles. The maximum Gasteiger partial charge on any atom is 0.335 e. The summed E-state index contributed by atoms with van der Waals surface area (Å²) in [6, 6.07) is 7.90. The first-order valence-corrected chi connectivity index (χ1v) is 13.5. The number of carbonyl (C=O) groups is 4. The van der Waals surface area contributed by atoms with E-state index in [9.17, 15) is 24.3 Å². The van der Waals surface area contributed by atoms with Gasteiger partial charge in [-0.2, -0.15) is 5.10 Å². The number of fused-ring (bicyclic) bond motifs is 2. The van der Waals surface area contributed by atoms with Crippen molar-refractivity contribution >= 4 is 35.0 Å². The molecule has 1 unspecified atom stereocenters. The third kappa shape index (κ3) is 6.07. The molecule has 0 bridgehead atoms. The molecule has 0 radical (unpaired) electrons. The summed E-state index contributed by atoms with van der Waals surface area (Å²) in [5, 5.41) is 22.4. The van der Waals surface area contributed by atoms with E-state index in [1.807, 2.05) is 6.92 Å². The molecule has 3 heterocycles. The van der Waals surface area contributed by atoms with E-state index >= 15 is 0 Å². The van der Waals surface area contributed by atoms with Crippen LogP contribution in [0.5, 0.6) is 5.75 Å². The number of aliphatic carboxylic acids is 1. The molecule has 5 rings (SSSR count). The Kier molecular flexibility index (Phi) is 8.14. The number of carboxylic acid groups (broad SMARTS) is 1. The van der Waals surface area contributed by atoms with Gasteiger partial charge in [-0.3, -0.25) is 14.4 Å². The molecule has 1 aromatic carbocycles. The fraction of sp³-hybridized carbons (Fsp3) is 0.267. The Morgan fingerprint density at radius 3 is 2.83 bits per heavy atom. The zero-order chi connectivity index (χ0) is 29.8. The van der Waals surface area contributed by atoms with E-state index in [-0.39, 0.29) is 42.1 Å². The average molecular weight is 571 g/mol. The normalized spacial score (nSPS) is 19.4. The Bertz CT molecular complexity index is 1670. The molecule has 216 valence electrons. The van der Waals surface area contributed by atoms with Crippen LogP contribution in [0.1, 0.15) is 59.1 Å². The third-order valence-electron chi connectivity index (χ3n) is 7.13. The summed E-state index contributed by atoms with van der Waals surface area (Å²) in [4.78, 5) is 54.3. The molecule has 0 fully saturated rings. The fourth-order valence-corrected chi connectivity index (χ4v) is 4.99. The fourth-order valence-electron chi connectivity index (χ4n) is 4.99. The number of nitrogens with one attached hydrogen (secondary N) is 3. The Hall–Kier alpha value is -5.26. The second-order valence-corrected chi connectivity index (χ2v) is 9.98. The van der Waals surface area contributed by atoms with Gasteiger partial charge in [-0.1, -0.05) is 37.3 Å². The van der Waals surface area contributed by atoms with E-state index in [1.165, 1.54) is 16.8 Å². The van der Waals surface area contributed by atoms with Crippen LogP contribution in [0.15, 0.2) is 72.0 Å². The number of carbonyl (C=O) groups excluding carboxylic acids is 3. The highest BCUT2D eigenvalue weighted by molar-refractivity contribution is 5.98. The summed E-state index contributed by atoms with van der Waals surface area (Å²) in [6.07, 6.45) is 6.84. The molecule has 12 nitrogen and oxygen atoms in total. The van der Waals surface area contributed by atoms with E-state index in [1.54, 1.807) is 36.4 Å². The number of hydrogen-bond acceptors (Lipinski definition) is 7. The van der Waals surface area contributed by atoms with E-state index < -0.39 is 17.8 Å². The van der Waals surface area contributed by atoms with E-state index in [0.29, 0.717) is 48.3 Å². The Morgan fingerprint density at radius 2 is 2.05 bits per heavy atom. The van der Waals surface area contributed by atoms with Crippen LogP contribution in [-0.4, -0.2) is 56.0 Å². The molecule has 4 N–H and O–H groups in total. The van der Waals surface area contributed by atoms with Crippen molar-refractivity contribution in [2.24, 2.45) is 0 Å². The number of amides is 3. The van der Waals surface area contributed by atoms with Gasteiger partial charge in [-0.15, -0.1) is 0 Å². The molecule has 2 aromatic heterocycles. The SMILES string of the molecule is C=C1CCC(NC(=O)c2cc(C(=O)NCc3ccc4c(c3)NC(=O)CO4)nc3ccnn23)C/C=C\C(C(=O)O)=C/1CC. The minimum Gasteiger partial charge on any atom is -0.482 e. The van der Waals surface area contributed by atoms with Crippen LogP contribution < -0.4 is 20.7 Å². The number of aromatic nitrogens is 3. The standard InChI is InChI=1S/C30H30N6O6/c1-3-20-17(2)7-9-19(5-4-6-21(20)30(40)41)33-29(39)24-14-23(34-26-11-12-32-36(24)26)28(38)31-15-18-8-10-25-22(13-18)35-27(37)16-42-25/h4,6,8,10-14,19H,2-3,5,7,9,15-16H2,1H3,(H,31,38)(H,33,39)(H,35,37)(H,40,41)/b6-4-,21-20+. The lowest BCUT2D eigenvalue weighted by Crippen LogP contribution is -2.36. The first kappa shape index (κ1) is 28.3. The van der Waals surface area contributed by atoms with Gasteiger partial charge in [0.25, 0.3) is 17.7 Å². The van der Waals surface area contributed by atoms with Gasteiger partial charge in [0.15, 0.2) is 12.3 Å². The lowest BCUT2D eigenvalue weighted by atomic mass is 9.94. The molecular formula is C30H30N6O6. The van der Waals surface area contributed by atoms with Crippen LogP contribution in [0.4, 0.5) is 5.69 Å². The number of hydrogen-bond donors (Lipinski definition) is 4. The predicted molar refractivity (Wildman–Crippen MR) is 153 cm³/mol. The molecule has 2 aliphatic rings. The van der Waals surface area contributed by atoms with Gasteiger partial charge in [-0.05, 0) is 49.0 Å². The number of ether oxygens (including phenoxy) is 1. The molecular weight excluding hydrogens is 540 g/mol. The third-order valence-corrected chi connectivity index (χ3v) is 7.13. The summed E-state index contributed by atoms with van der Waals surface area (Å²) in [5.41, 5.74) is 3.39. The summed E-state index contributed by atoms with van der Waals surface area (Å²) >= 11 is 0. The van der Waals surface area contributed by atoms with Crippen LogP contribution in [0.3, 0.4) is 0 Å². The molecule has 0 spiro atoms. The highest BCUT2D eigenvalue weighted by Gasteiger charge is 2.22. The van der Waals surface area contributed by atoms with Gasteiger partial charge in [0.2, 0.25) is 0 Å². The van der Waals surface area contributed by atoms with Crippen molar-refractivity contribution in [3.8, 4) is 5.75 Å². The highest BCUT2D eigenvalue weighted by atomic mass is 16.5. The first-order chi connectivity index (χ1) is 20.2. The van der Waals surface area contributed by atoms with Gasteiger partial charge >= 0.3 is 5.97 Å². The largest absolute Gasteiger partial charge is 0.482 e. The van der Waals surface area contributed by atoms with E-state index in [0.717, 1.165) is 11.1 Å². The van der Waals surface area contributed by atoms with Crippen molar-refractivity contribution < 1.29 is 29.0 Å². The van der Waals surface area contributed by atoms with Gasteiger partial charge in [0, 0.05) is 24.7 Å². The van der Waals surface area contributed by atoms with Gasteiger partial charge in [0.05, 0.1) is 17.5 Å². The molecule has 12 heteroatoms. The Labute approximate surface area is 241 Å². The van der Waals surface area contributed by atoms with Gasteiger partial charge in [0.1, 0.15) is 17.1 Å².